The van der Waals surface area contributed by atoms with Gasteiger partial charge in [-0.15, -0.1) is 0 Å². The smallest absolute Gasteiger partial charge is 0.256 e. The number of anilines is 1. The summed E-state index contributed by atoms with van der Waals surface area (Å²) < 4.78 is 21.8. The normalized spacial score (nSPS) is 19.9. The lowest BCUT2D eigenvalue weighted by Gasteiger charge is -2.34. The molecule has 7 nitrogen and oxygen atoms in total. The average Bonchev–Trinajstić information content (AvgIpc) is 3.07. The molecule has 0 saturated heterocycles. The first-order valence-corrected chi connectivity index (χ1v) is 9.57. The molecule has 1 unspecified atom stereocenters. The maximum atomic E-state index is 14.2. The molecule has 146 valence electrons. The molecule has 2 aromatic heterocycles. The highest BCUT2D eigenvalue weighted by Gasteiger charge is 2.30. The van der Waals surface area contributed by atoms with Crippen LogP contribution in [-0.2, 0) is 0 Å². The fourth-order valence-electron chi connectivity index (χ4n) is 3.46. The number of hydrogen-bond acceptors (Lipinski definition) is 5. The zero-order chi connectivity index (χ0) is 20.8. The fraction of sp³-hybridized carbons (Fsp3) is 0.278. The molecule has 1 aromatic carbocycles. The van der Waals surface area contributed by atoms with Crippen LogP contribution in [0, 0.1) is 5.82 Å². The number of halogens is 1. The number of rotatable bonds is 1. The summed E-state index contributed by atoms with van der Waals surface area (Å²) in [5.74, 6) is 0.527. The van der Waals surface area contributed by atoms with Crippen molar-refractivity contribution in [2.75, 3.05) is 11.9 Å². The van der Waals surface area contributed by atoms with Gasteiger partial charge in [0.2, 0.25) is 0 Å². The minimum atomic E-state index is -0.338. The molecule has 0 saturated carbocycles. The second-order valence-corrected chi connectivity index (χ2v) is 8.40. The summed E-state index contributed by atoms with van der Waals surface area (Å²) >= 11 is 0. The summed E-state index contributed by atoms with van der Waals surface area (Å²) in [6.07, 6.45) is 2.93. The molecule has 4 rings (SSSR count). The zero-order valence-corrected chi connectivity index (χ0v) is 16.9. The van der Waals surface area contributed by atoms with Gasteiger partial charge >= 0.3 is 0 Å². The Morgan fingerprint density at radius 1 is 1.31 bits per heavy atom. The van der Waals surface area contributed by atoms with E-state index in [2.05, 4.69) is 44.3 Å². The Kier molecular flexibility index (Phi) is 4.76. The second kappa shape index (κ2) is 7.13. The van der Waals surface area contributed by atoms with Crippen LogP contribution >= 0.6 is 0 Å². The quantitative estimate of drug-likeness (QED) is 0.548. The molecule has 3 aromatic rings. The Labute approximate surface area is 170 Å². The lowest BCUT2D eigenvalue weighted by Crippen LogP contribution is -2.34. The van der Waals surface area contributed by atoms with Crippen LogP contribution < -0.4 is 15.4 Å². The van der Waals surface area contributed by atoms with Gasteiger partial charge in [0.1, 0.15) is 29.1 Å². The highest BCUT2D eigenvalue weighted by atomic mass is 19.1. The van der Waals surface area contributed by atoms with E-state index in [1.807, 2.05) is 6.92 Å². The summed E-state index contributed by atoms with van der Waals surface area (Å²) in [5, 5.41) is 10.2. The van der Waals surface area contributed by atoms with Crippen LogP contribution in [0.15, 0.2) is 36.7 Å². The summed E-state index contributed by atoms with van der Waals surface area (Å²) in [4.78, 5) is 17.2. The van der Waals surface area contributed by atoms with Crippen LogP contribution in [0.4, 0.5) is 10.2 Å². The maximum absolute atomic E-state index is 14.2. The van der Waals surface area contributed by atoms with Crippen LogP contribution in [-0.4, -0.2) is 56.7 Å². The molecule has 11 heteroatoms. The molecule has 2 atom stereocenters. The molecular formula is C18H21B3FN5O2. The number of benzene rings is 1. The van der Waals surface area contributed by atoms with Crippen LogP contribution in [0.5, 0.6) is 5.75 Å². The van der Waals surface area contributed by atoms with E-state index < -0.39 is 0 Å². The van der Waals surface area contributed by atoms with Crippen LogP contribution in [0.25, 0.3) is 5.65 Å². The number of nitrogens with zero attached hydrogens (tertiary/aromatic N) is 3. The van der Waals surface area contributed by atoms with Crippen molar-refractivity contribution in [1.29, 1.82) is 0 Å². The van der Waals surface area contributed by atoms with E-state index in [0.29, 0.717) is 34.9 Å². The largest absolute Gasteiger partial charge is 0.489 e. The Bertz CT molecular complexity index is 1090. The average molecular weight is 391 g/mol. The number of fused-ring (bicyclic) bond motifs is 2. The van der Waals surface area contributed by atoms with Gasteiger partial charge in [0.15, 0.2) is 5.65 Å². The lowest BCUT2D eigenvalue weighted by molar-refractivity contribution is 0.0933. The molecule has 0 aliphatic carbocycles. The van der Waals surface area contributed by atoms with E-state index >= 15 is 0 Å². The Morgan fingerprint density at radius 3 is 2.86 bits per heavy atom. The van der Waals surface area contributed by atoms with Gasteiger partial charge in [-0.1, -0.05) is 5.11 Å². The van der Waals surface area contributed by atoms with Crippen molar-refractivity contribution in [3.63, 3.8) is 0 Å². The van der Waals surface area contributed by atoms with Crippen LogP contribution in [0.1, 0.15) is 28.9 Å². The number of aromatic nitrogens is 3. The lowest BCUT2D eigenvalue weighted by atomic mass is 9.39. The first-order valence-electron chi connectivity index (χ1n) is 9.57. The van der Waals surface area contributed by atoms with Crippen molar-refractivity contribution in [1.82, 2.24) is 19.9 Å². The minimum absolute atomic E-state index is 0.272. The van der Waals surface area contributed by atoms with Crippen molar-refractivity contribution in [3.05, 3.63) is 53.6 Å². The summed E-state index contributed by atoms with van der Waals surface area (Å²) in [5.41, 5.74) is 1.54. The van der Waals surface area contributed by atoms with Gasteiger partial charge in [-0.3, -0.25) is 4.79 Å². The number of hydrogen-bond donors (Lipinski definition) is 2. The van der Waals surface area contributed by atoms with E-state index in [4.69, 9.17) is 4.74 Å². The number of carbonyl (C=O) groups excluding carboxylic acids is 1. The van der Waals surface area contributed by atoms with Crippen molar-refractivity contribution < 1.29 is 13.9 Å². The van der Waals surface area contributed by atoms with Gasteiger partial charge in [-0.2, -0.15) is 5.10 Å². The molecule has 3 heterocycles. The molecule has 0 spiro atoms. The van der Waals surface area contributed by atoms with Gasteiger partial charge in [-0.25, -0.2) is 13.9 Å². The van der Waals surface area contributed by atoms with E-state index in [9.17, 15) is 9.18 Å². The third kappa shape index (κ3) is 3.81. The number of amides is 1. The zero-order valence-electron chi connectivity index (χ0n) is 16.9. The highest BCUT2D eigenvalue weighted by molar-refractivity contribution is 6.59. The maximum Gasteiger partial charge on any atom is 0.256 e. The number of ether oxygens (including phenoxy) is 1. The predicted molar refractivity (Wildman–Crippen MR) is 116 cm³/mol. The van der Waals surface area contributed by atoms with Gasteiger partial charge in [0.05, 0.1) is 36.3 Å². The molecule has 0 fully saturated rings. The number of nitrogens with one attached hydrogen (secondary N) is 2. The van der Waals surface area contributed by atoms with E-state index in [1.54, 1.807) is 22.8 Å². The first-order chi connectivity index (χ1) is 13.7. The Hall–Kier alpha value is -2.97. The van der Waals surface area contributed by atoms with Gasteiger partial charge < -0.3 is 15.4 Å². The third-order valence-electron chi connectivity index (χ3n) is 4.93. The summed E-state index contributed by atoms with van der Waals surface area (Å²) in [6, 6.07) is 6.00. The van der Waals surface area contributed by atoms with Gasteiger partial charge in [-0.05, 0) is 31.2 Å². The molecule has 1 aliphatic rings. The minimum Gasteiger partial charge on any atom is -0.489 e. The Balaban J connectivity index is 1.89. The topological polar surface area (TPSA) is 80.5 Å². The van der Waals surface area contributed by atoms with E-state index in [-0.39, 0.29) is 29.0 Å². The summed E-state index contributed by atoms with van der Waals surface area (Å²) in [6.45, 7) is 2.15. The van der Waals surface area contributed by atoms with Crippen molar-refractivity contribution in [3.8, 4) is 5.75 Å². The fourth-order valence-corrected chi connectivity index (χ4v) is 3.46. The molecule has 0 radical (unpaired) electrons. The first kappa shape index (κ1) is 19.4. The van der Waals surface area contributed by atoms with Crippen molar-refractivity contribution in [2.24, 2.45) is 0 Å². The predicted octanol–water partition coefficient (Wildman–Crippen LogP) is -0.495. The van der Waals surface area contributed by atoms with Crippen molar-refractivity contribution in [2.45, 2.75) is 24.2 Å². The molecule has 29 heavy (non-hydrogen) atoms. The number of carbonyl (C=O) groups is 1. The molecule has 2 bridgehead atoms. The monoisotopic (exact) mass is 391 g/mol. The third-order valence-corrected chi connectivity index (χ3v) is 4.93. The van der Waals surface area contributed by atoms with Crippen molar-refractivity contribution >= 4 is 40.9 Å². The molecule has 2 N–H and O–H groups in total. The SMILES string of the molecule is BC(B)(B)C1Nc2ccn3ncc(c3n2)C(=O)NC[C@H](C)Oc2ccc(F)cc21. The van der Waals surface area contributed by atoms with Gasteiger partial charge in [0.25, 0.3) is 5.91 Å². The Morgan fingerprint density at radius 2 is 2.10 bits per heavy atom. The highest BCUT2D eigenvalue weighted by Crippen LogP contribution is 2.39. The standard InChI is InChI=1S/C18H21B3FN5O2/c1-9-7-23-17(28)12-8-24-27-5-4-14(26-16(12)27)25-15(18(19,20)21)11-6-10(22)2-3-13(11)29-9/h2-6,8-9,15H,7,19-21H2,1H3,(H,23,28)(H,25,26)/t9-,15?/m0/s1. The van der Waals surface area contributed by atoms with Gasteiger partial charge in [0, 0.05) is 17.8 Å². The molecule has 1 amide bonds. The van der Waals surface area contributed by atoms with E-state index in [0.717, 1.165) is 0 Å². The second-order valence-electron chi connectivity index (χ2n) is 8.40. The molecular weight excluding hydrogens is 370 g/mol. The van der Waals surface area contributed by atoms with Crippen LogP contribution in [0.3, 0.4) is 0 Å². The summed E-state index contributed by atoms with van der Waals surface area (Å²) in [7, 11) is 6.19. The van der Waals surface area contributed by atoms with Crippen LogP contribution in [0.2, 0.25) is 5.11 Å². The van der Waals surface area contributed by atoms with E-state index in [1.165, 1.54) is 18.3 Å². The molecule has 1 aliphatic heterocycles.